The minimum atomic E-state index is -0.604. The largest absolute Gasteiger partial charge is 0.457 e. The third kappa shape index (κ3) is 5.40. The first-order valence-electron chi connectivity index (χ1n) is 12.3. The highest BCUT2D eigenvalue weighted by atomic mass is 32.1. The van der Waals surface area contributed by atoms with Gasteiger partial charge in [0.1, 0.15) is 17.5 Å². The van der Waals surface area contributed by atoms with Gasteiger partial charge in [0, 0.05) is 21.9 Å². The molecular weight excluding hydrogens is 504 g/mol. The lowest BCUT2D eigenvalue weighted by Gasteiger charge is -2.27. The number of fused-ring (bicyclic) bond motifs is 1. The van der Waals surface area contributed by atoms with Crippen LogP contribution in [0.1, 0.15) is 45.4 Å². The number of amides is 4. The number of thiophene rings is 1. The van der Waals surface area contributed by atoms with Gasteiger partial charge in [0.25, 0.3) is 5.91 Å². The zero-order valence-electron chi connectivity index (χ0n) is 20.8. The second-order valence-corrected chi connectivity index (χ2v) is 10.9. The van der Waals surface area contributed by atoms with Crippen molar-refractivity contribution in [2.45, 2.75) is 38.4 Å². The predicted molar refractivity (Wildman–Crippen MR) is 142 cm³/mol. The van der Waals surface area contributed by atoms with Crippen molar-refractivity contribution in [2.75, 3.05) is 6.54 Å². The van der Waals surface area contributed by atoms with E-state index in [0.717, 1.165) is 11.3 Å². The molecule has 0 radical (unpaired) electrons. The summed E-state index contributed by atoms with van der Waals surface area (Å²) in [5.74, 6) is -0.153. The number of carbonyl (C=O) groups is 4. The Kier molecular flexibility index (Phi) is 6.90. The van der Waals surface area contributed by atoms with Gasteiger partial charge in [-0.2, -0.15) is 0 Å². The maximum Gasteiger partial charge on any atom is 0.251 e. The monoisotopic (exact) mass is 532 g/mol. The Balaban J connectivity index is 1.16. The summed E-state index contributed by atoms with van der Waals surface area (Å²) in [4.78, 5) is 52.6. The van der Waals surface area contributed by atoms with E-state index in [0.29, 0.717) is 29.0 Å². The van der Waals surface area contributed by atoms with E-state index >= 15 is 0 Å². The van der Waals surface area contributed by atoms with Crippen molar-refractivity contribution in [3.05, 3.63) is 82.0 Å². The molecule has 5 rings (SSSR count). The number of nitrogens with one attached hydrogen (secondary N) is 2. The van der Waals surface area contributed by atoms with Crippen LogP contribution in [0.2, 0.25) is 0 Å². The third-order valence-corrected chi connectivity index (χ3v) is 8.03. The second kappa shape index (κ2) is 10.3. The van der Waals surface area contributed by atoms with Crippen LogP contribution in [-0.4, -0.2) is 47.2 Å². The van der Waals surface area contributed by atoms with Crippen LogP contribution in [0.3, 0.4) is 0 Å². The van der Waals surface area contributed by atoms with E-state index in [1.165, 1.54) is 11.3 Å². The van der Waals surface area contributed by atoms with Gasteiger partial charge >= 0.3 is 0 Å². The van der Waals surface area contributed by atoms with E-state index in [1.807, 2.05) is 30.3 Å². The molecule has 3 aromatic rings. The van der Waals surface area contributed by atoms with Crippen LogP contribution in [0.25, 0.3) is 0 Å². The van der Waals surface area contributed by atoms with Crippen LogP contribution in [-0.2, 0) is 16.1 Å². The Morgan fingerprint density at radius 2 is 1.71 bits per heavy atom. The van der Waals surface area contributed by atoms with Crippen molar-refractivity contribution in [1.82, 2.24) is 15.5 Å². The predicted octanol–water partition coefficient (Wildman–Crippen LogP) is 3.07. The average Bonchev–Trinajstić information content (AvgIpc) is 3.23. The number of likely N-dealkylation sites (tertiary alicyclic amines) is 1. The van der Waals surface area contributed by atoms with E-state index < -0.39 is 11.9 Å². The molecule has 9 nitrogen and oxygen atoms in total. The smallest absolute Gasteiger partial charge is 0.251 e. The number of hydrogen-bond donors (Lipinski definition) is 3. The SMILES string of the molecule is C[C@@]12C[C@@H]1N(C(=O)CNC(=O)c1ccc(Oc3ccccc3)cc1)[C@H](C(=O)NCc1cc(C(N)=O)cs1)C2. The number of carbonyl (C=O) groups excluding carboxylic acids is 4. The standard InChI is InChI=1S/C28H28N4O5S/c1-28-12-22(27(36)30-14-21-11-18(16-38-21)25(29)34)32(23(28)13-28)24(33)15-31-26(35)17-7-9-20(10-8-17)37-19-5-3-2-4-6-19/h2-11,16,22-23H,12-15H2,1H3,(H2,29,34)(H,30,36)(H,31,35)/t22-,23-,28+/m0/s1. The first-order valence-corrected chi connectivity index (χ1v) is 13.2. The van der Waals surface area contributed by atoms with Gasteiger partial charge in [-0.05, 0) is 60.7 Å². The Bertz CT molecular complexity index is 1370. The van der Waals surface area contributed by atoms with E-state index in [1.54, 1.807) is 40.6 Å². The highest BCUT2D eigenvalue weighted by Crippen LogP contribution is 2.59. The van der Waals surface area contributed by atoms with Crippen molar-refractivity contribution < 1.29 is 23.9 Å². The first kappa shape index (κ1) is 25.5. The fraction of sp³-hybridized carbons (Fsp3) is 0.286. The summed E-state index contributed by atoms with van der Waals surface area (Å²) in [5.41, 5.74) is 6.01. The molecule has 0 spiro atoms. The summed E-state index contributed by atoms with van der Waals surface area (Å²) >= 11 is 1.34. The minimum absolute atomic E-state index is 0.0136. The zero-order chi connectivity index (χ0) is 26.9. The van der Waals surface area contributed by atoms with Gasteiger partial charge in [0.2, 0.25) is 17.7 Å². The molecule has 2 aliphatic rings. The van der Waals surface area contributed by atoms with E-state index in [4.69, 9.17) is 10.5 Å². The molecule has 0 unspecified atom stereocenters. The number of rotatable bonds is 9. The van der Waals surface area contributed by atoms with Crippen LogP contribution >= 0.6 is 11.3 Å². The Hall–Kier alpha value is -4.18. The van der Waals surface area contributed by atoms with Crippen molar-refractivity contribution in [3.8, 4) is 11.5 Å². The van der Waals surface area contributed by atoms with Crippen molar-refractivity contribution in [3.63, 3.8) is 0 Å². The summed E-state index contributed by atoms with van der Waals surface area (Å²) in [7, 11) is 0. The van der Waals surface area contributed by atoms with Crippen LogP contribution < -0.4 is 21.1 Å². The van der Waals surface area contributed by atoms with Crippen LogP contribution in [0.15, 0.2) is 66.0 Å². The first-order chi connectivity index (χ1) is 18.2. The molecule has 196 valence electrons. The van der Waals surface area contributed by atoms with Gasteiger partial charge in [0.15, 0.2) is 0 Å². The number of ether oxygens (including phenoxy) is 1. The molecular formula is C28H28N4O5S. The summed E-state index contributed by atoms with van der Waals surface area (Å²) in [5, 5.41) is 7.21. The number of nitrogens with two attached hydrogens (primary N) is 1. The molecule has 38 heavy (non-hydrogen) atoms. The lowest BCUT2D eigenvalue weighted by molar-refractivity contribution is -0.139. The summed E-state index contributed by atoms with van der Waals surface area (Å²) < 4.78 is 5.75. The van der Waals surface area contributed by atoms with Gasteiger partial charge in [-0.1, -0.05) is 25.1 Å². The number of piperidine rings is 1. The van der Waals surface area contributed by atoms with Crippen molar-refractivity contribution in [1.29, 1.82) is 0 Å². The number of para-hydroxylation sites is 1. The van der Waals surface area contributed by atoms with Gasteiger partial charge in [0.05, 0.1) is 18.7 Å². The zero-order valence-corrected chi connectivity index (χ0v) is 21.6. The maximum absolute atomic E-state index is 13.1. The van der Waals surface area contributed by atoms with Crippen LogP contribution in [0, 0.1) is 5.41 Å². The number of nitrogens with zero attached hydrogens (tertiary/aromatic N) is 1. The molecule has 1 saturated heterocycles. The molecule has 1 aromatic heterocycles. The molecule has 4 amide bonds. The molecule has 1 aliphatic heterocycles. The molecule has 10 heteroatoms. The fourth-order valence-corrected chi connectivity index (χ4v) is 5.72. The molecule has 2 aromatic carbocycles. The molecule has 2 heterocycles. The second-order valence-electron chi connectivity index (χ2n) is 9.90. The highest BCUT2D eigenvalue weighted by Gasteiger charge is 2.64. The van der Waals surface area contributed by atoms with E-state index in [2.05, 4.69) is 17.6 Å². The van der Waals surface area contributed by atoms with Crippen LogP contribution in [0.5, 0.6) is 11.5 Å². The summed E-state index contributed by atoms with van der Waals surface area (Å²) in [6, 6.07) is 17.0. The van der Waals surface area contributed by atoms with Crippen LogP contribution in [0.4, 0.5) is 0 Å². The maximum atomic E-state index is 13.1. The minimum Gasteiger partial charge on any atom is -0.457 e. The van der Waals surface area contributed by atoms with Gasteiger partial charge in [-0.25, -0.2) is 0 Å². The quantitative estimate of drug-likeness (QED) is 0.390. The van der Waals surface area contributed by atoms with Crippen molar-refractivity contribution in [2.24, 2.45) is 11.1 Å². The summed E-state index contributed by atoms with van der Waals surface area (Å²) in [6.45, 7) is 2.11. The van der Waals surface area contributed by atoms with E-state index in [9.17, 15) is 19.2 Å². The lowest BCUT2D eigenvalue weighted by atomic mass is 10.0. The Morgan fingerprint density at radius 3 is 2.39 bits per heavy atom. The molecule has 1 saturated carbocycles. The number of primary amides is 1. The number of hydrogen-bond acceptors (Lipinski definition) is 6. The normalized spacial score (nSPS) is 21.3. The Labute approximate surface area is 224 Å². The molecule has 0 bridgehead atoms. The highest BCUT2D eigenvalue weighted by molar-refractivity contribution is 7.10. The Morgan fingerprint density at radius 1 is 1.00 bits per heavy atom. The van der Waals surface area contributed by atoms with Crippen molar-refractivity contribution >= 4 is 35.0 Å². The van der Waals surface area contributed by atoms with Gasteiger partial charge in [-0.3, -0.25) is 19.2 Å². The fourth-order valence-electron chi connectivity index (χ4n) is 4.90. The topological polar surface area (TPSA) is 131 Å². The molecule has 2 fully saturated rings. The lowest BCUT2D eigenvalue weighted by Crippen LogP contribution is -2.50. The molecule has 1 aliphatic carbocycles. The average molecular weight is 533 g/mol. The third-order valence-electron chi connectivity index (χ3n) is 7.10. The molecule has 4 N–H and O–H groups in total. The van der Waals surface area contributed by atoms with Gasteiger partial charge < -0.3 is 26.0 Å². The van der Waals surface area contributed by atoms with E-state index in [-0.39, 0.29) is 42.3 Å². The van der Waals surface area contributed by atoms with Gasteiger partial charge in [-0.15, -0.1) is 11.3 Å². The number of benzene rings is 2. The summed E-state index contributed by atoms with van der Waals surface area (Å²) in [6.07, 6.45) is 1.41. The molecule has 3 atom stereocenters.